The number of hydrogen-bond donors (Lipinski definition) is 2. The Bertz CT molecular complexity index is 639. The maximum absolute atomic E-state index is 12.6. The number of benzene rings is 1. The van der Waals surface area contributed by atoms with Crippen LogP contribution in [-0.4, -0.2) is 16.1 Å². The molecule has 0 fully saturated rings. The van der Waals surface area contributed by atoms with Crippen LogP contribution in [0.5, 0.6) is 0 Å². The van der Waals surface area contributed by atoms with E-state index in [0.29, 0.717) is 11.4 Å². The van der Waals surface area contributed by atoms with E-state index >= 15 is 0 Å². The summed E-state index contributed by atoms with van der Waals surface area (Å²) in [6, 6.07) is 7.71. The first-order valence-electron chi connectivity index (χ1n) is 5.95. The van der Waals surface area contributed by atoms with E-state index < -0.39 is 17.7 Å². The van der Waals surface area contributed by atoms with Crippen molar-refractivity contribution in [3.63, 3.8) is 0 Å². The molecule has 0 amide bonds. The first kappa shape index (κ1) is 14.8. The van der Waals surface area contributed by atoms with Crippen LogP contribution in [0.25, 0.3) is 0 Å². The van der Waals surface area contributed by atoms with Gasteiger partial charge in [-0.05, 0) is 30.3 Å². The Morgan fingerprint density at radius 1 is 1.24 bits per heavy atom. The minimum Gasteiger partial charge on any atom is -0.478 e. The van der Waals surface area contributed by atoms with E-state index in [2.05, 4.69) is 10.3 Å². The number of carbonyl (C=O) groups is 1. The highest BCUT2D eigenvalue weighted by atomic mass is 19.4. The third-order valence-electron chi connectivity index (χ3n) is 2.74. The number of aromatic carboxylic acids is 1. The number of carboxylic acid groups (broad SMARTS) is 1. The average Bonchev–Trinajstić information content (AvgIpc) is 2.45. The van der Waals surface area contributed by atoms with Crippen LogP contribution in [0.15, 0.2) is 42.6 Å². The quantitative estimate of drug-likeness (QED) is 0.907. The molecular weight excluding hydrogens is 285 g/mol. The highest BCUT2D eigenvalue weighted by Crippen LogP contribution is 2.30. The van der Waals surface area contributed by atoms with Gasteiger partial charge in [0.2, 0.25) is 0 Å². The Kier molecular flexibility index (Phi) is 4.11. The van der Waals surface area contributed by atoms with Crippen LogP contribution in [0, 0.1) is 0 Å². The molecular formula is C14H11F3N2O2. The van der Waals surface area contributed by atoms with Crippen molar-refractivity contribution in [2.45, 2.75) is 12.7 Å². The first-order chi connectivity index (χ1) is 9.86. The molecule has 2 N–H and O–H groups in total. The van der Waals surface area contributed by atoms with Gasteiger partial charge in [0.15, 0.2) is 0 Å². The number of anilines is 1. The number of nitrogens with zero attached hydrogens (tertiary/aromatic N) is 1. The van der Waals surface area contributed by atoms with Crippen LogP contribution in [0.2, 0.25) is 0 Å². The molecule has 21 heavy (non-hydrogen) atoms. The van der Waals surface area contributed by atoms with Crippen molar-refractivity contribution in [2.24, 2.45) is 0 Å². The van der Waals surface area contributed by atoms with E-state index in [0.717, 1.165) is 12.1 Å². The summed E-state index contributed by atoms with van der Waals surface area (Å²) in [5, 5.41) is 11.5. The molecule has 0 spiro atoms. The summed E-state index contributed by atoms with van der Waals surface area (Å²) >= 11 is 0. The second kappa shape index (κ2) is 5.82. The van der Waals surface area contributed by atoms with E-state index in [-0.39, 0.29) is 12.1 Å². The summed E-state index contributed by atoms with van der Waals surface area (Å²) in [6.07, 6.45) is -3.19. The molecule has 0 atom stereocenters. The third kappa shape index (κ3) is 3.95. The molecule has 1 aromatic heterocycles. The van der Waals surface area contributed by atoms with Crippen LogP contribution >= 0.6 is 0 Å². The van der Waals surface area contributed by atoms with E-state index in [4.69, 9.17) is 5.11 Å². The Morgan fingerprint density at radius 2 is 2.00 bits per heavy atom. The number of hydrogen-bond acceptors (Lipinski definition) is 3. The van der Waals surface area contributed by atoms with Gasteiger partial charge in [-0.15, -0.1) is 0 Å². The molecule has 0 saturated carbocycles. The third-order valence-corrected chi connectivity index (χ3v) is 2.74. The normalized spacial score (nSPS) is 11.2. The lowest BCUT2D eigenvalue weighted by Crippen LogP contribution is -2.07. The summed E-state index contributed by atoms with van der Waals surface area (Å²) in [5.41, 5.74) is 0.158. The molecule has 0 radical (unpaired) electrons. The molecule has 0 aliphatic carbocycles. The van der Waals surface area contributed by atoms with Crippen LogP contribution in [0.3, 0.4) is 0 Å². The number of rotatable bonds is 4. The highest BCUT2D eigenvalue weighted by Gasteiger charge is 2.30. The molecule has 0 bridgehead atoms. The second-order valence-corrected chi connectivity index (χ2v) is 4.28. The maximum atomic E-state index is 12.6. The lowest BCUT2D eigenvalue weighted by Gasteiger charge is -2.10. The van der Waals surface area contributed by atoms with Crippen LogP contribution in [-0.2, 0) is 12.7 Å². The van der Waals surface area contributed by atoms with E-state index in [9.17, 15) is 18.0 Å². The SMILES string of the molecule is O=C(O)c1ccc(CNc2cccc(C(F)(F)F)c2)nc1. The lowest BCUT2D eigenvalue weighted by molar-refractivity contribution is -0.137. The van der Waals surface area contributed by atoms with E-state index in [1.165, 1.54) is 30.5 Å². The van der Waals surface area contributed by atoms with Gasteiger partial charge in [-0.25, -0.2) is 4.79 Å². The molecule has 0 unspecified atom stereocenters. The minimum absolute atomic E-state index is 0.0535. The Balaban J connectivity index is 2.04. The number of alkyl halides is 3. The fraction of sp³-hybridized carbons (Fsp3) is 0.143. The molecule has 110 valence electrons. The predicted octanol–water partition coefficient (Wildman–Crippen LogP) is 3.41. The number of nitrogens with one attached hydrogen (secondary N) is 1. The van der Waals surface area contributed by atoms with Crippen molar-refractivity contribution >= 4 is 11.7 Å². The molecule has 2 aromatic rings. The van der Waals surface area contributed by atoms with Crippen molar-refractivity contribution in [3.8, 4) is 0 Å². The fourth-order valence-electron chi connectivity index (χ4n) is 1.65. The van der Waals surface area contributed by atoms with Crippen molar-refractivity contribution in [1.82, 2.24) is 4.98 Å². The van der Waals surface area contributed by atoms with Gasteiger partial charge in [-0.1, -0.05) is 6.07 Å². The smallest absolute Gasteiger partial charge is 0.416 e. The van der Waals surface area contributed by atoms with E-state index in [1.807, 2.05) is 0 Å². The summed E-state index contributed by atoms with van der Waals surface area (Å²) < 4.78 is 37.7. The zero-order chi connectivity index (χ0) is 15.5. The standard InChI is InChI=1S/C14H11F3N2O2/c15-14(16,17)10-2-1-3-11(6-10)19-8-12-5-4-9(7-18-12)13(20)21/h1-7,19H,8H2,(H,20,21). The van der Waals surface area contributed by atoms with Gasteiger partial charge in [0.1, 0.15) is 0 Å². The number of halogens is 3. The number of pyridine rings is 1. The molecule has 1 heterocycles. The van der Waals surface area contributed by atoms with E-state index in [1.54, 1.807) is 0 Å². The number of carboxylic acids is 1. The average molecular weight is 296 g/mol. The molecule has 7 heteroatoms. The molecule has 0 aliphatic heterocycles. The monoisotopic (exact) mass is 296 g/mol. The molecule has 1 aromatic carbocycles. The minimum atomic E-state index is -4.39. The predicted molar refractivity (Wildman–Crippen MR) is 70.0 cm³/mol. The van der Waals surface area contributed by atoms with Gasteiger partial charge in [0, 0.05) is 11.9 Å². The fourth-order valence-corrected chi connectivity index (χ4v) is 1.65. The van der Waals surface area contributed by atoms with Crippen LogP contribution in [0.1, 0.15) is 21.6 Å². The summed E-state index contributed by atoms with van der Waals surface area (Å²) in [6.45, 7) is 0.196. The molecule has 2 rings (SSSR count). The summed E-state index contributed by atoms with van der Waals surface area (Å²) in [7, 11) is 0. The molecule has 0 aliphatic rings. The molecule has 0 saturated heterocycles. The Morgan fingerprint density at radius 3 is 2.57 bits per heavy atom. The van der Waals surface area contributed by atoms with Crippen molar-refractivity contribution in [2.75, 3.05) is 5.32 Å². The van der Waals surface area contributed by atoms with Crippen molar-refractivity contribution in [3.05, 3.63) is 59.4 Å². The van der Waals surface area contributed by atoms with Gasteiger partial charge >= 0.3 is 12.1 Å². The summed E-state index contributed by atoms with van der Waals surface area (Å²) in [4.78, 5) is 14.6. The lowest BCUT2D eigenvalue weighted by atomic mass is 10.2. The topological polar surface area (TPSA) is 62.2 Å². The zero-order valence-corrected chi connectivity index (χ0v) is 10.7. The van der Waals surface area contributed by atoms with Gasteiger partial charge in [0.05, 0.1) is 23.4 Å². The summed E-state index contributed by atoms with van der Waals surface area (Å²) in [5.74, 6) is -1.08. The molecule has 4 nitrogen and oxygen atoms in total. The number of aromatic nitrogens is 1. The van der Waals surface area contributed by atoms with Gasteiger partial charge < -0.3 is 10.4 Å². The largest absolute Gasteiger partial charge is 0.478 e. The van der Waals surface area contributed by atoms with Gasteiger partial charge in [-0.3, -0.25) is 4.98 Å². The van der Waals surface area contributed by atoms with Crippen molar-refractivity contribution in [1.29, 1.82) is 0 Å². The van der Waals surface area contributed by atoms with Crippen LogP contribution < -0.4 is 5.32 Å². The van der Waals surface area contributed by atoms with Gasteiger partial charge in [-0.2, -0.15) is 13.2 Å². The Hall–Kier alpha value is -2.57. The maximum Gasteiger partial charge on any atom is 0.416 e. The van der Waals surface area contributed by atoms with Gasteiger partial charge in [0.25, 0.3) is 0 Å². The first-order valence-corrected chi connectivity index (χ1v) is 5.95. The second-order valence-electron chi connectivity index (χ2n) is 4.28. The van der Waals surface area contributed by atoms with Crippen molar-refractivity contribution < 1.29 is 23.1 Å². The Labute approximate surface area is 118 Å². The highest BCUT2D eigenvalue weighted by molar-refractivity contribution is 5.87. The van der Waals surface area contributed by atoms with Crippen LogP contribution in [0.4, 0.5) is 18.9 Å². The zero-order valence-electron chi connectivity index (χ0n) is 10.7.